The Labute approximate surface area is 230 Å². The third kappa shape index (κ3) is 5.14. The third-order valence-electron chi connectivity index (χ3n) is 7.28. The monoisotopic (exact) mass is 546 g/mol. The van der Waals surface area contributed by atoms with Gasteiger partial charge in [0.05, 0.1) is 17.1 Å². The first-order valence-corrected chi connectivity index (χ1v) is 13.4. The van der Waals surface area contributed by atoms with Crippen LogP contribution in [-0.4, -0.2) is 69.4 Å². The molecule has 0 spiro atoms. The topological polar surface area (TPSA) is 126 Å². The van der Waals surface area contributed by atoms with Crippen LogP contribution >= 0.6 is 0 Å². The van der Waals surface area contributed by atoms with Crippen LogP contribution in [0.1, 0.15) is 37.0 Å². The second-order valence-corrected chi connectivity index (χ2v) is 10.7. The van der Waals surface area contributed by atoms with Crippen LogP contribution in [0.4, 0.5) is 15.8 Å². The quantitative estimate of drug-likeness (QED) is 0.337. The van der Waals surface area contributed by atoms with Gasteiger partial charge in [-0.3, -0.25) is 14.3 Å². The van der Waals surface area contributed by atoms with Crippen LogP contribution in [0.15, 0.2) is 36.7 Å². The number of carbonyl (C=O) groups excluding carboxylic acids is 2. The third-order valence-corrected chi connectivity index (χ3v) is 7.28. The Hall–Kier alpha value is -4.32. The summed E-state index contributed by atoms with van der Waals surface area (Å²) < 4.78 is 22.0. The maximum absolute atomic E-state index is 14.7. The van der Waals surface area contributed by atoms with Crippen molar-refractivity contribution < 1.29 is 18.7 Å². The Kier molecular flexibility index (Phi) is 6.70. The fourth-order valence-electron chi connectivity index (χ4n) is 5.60. The smallest absolute Gasteiger partial charge is 0.317 e. The van der Waals surface area contributed by atoms with Gasteiger partial charge in [-0.15, -0.1) is 0 Å². The Morgan fingerprint density at radius 2 is 2.00 bits per heavy atom. The zero-order valence-electron chi connectivity index (χ0n) is 22.6. The molecule has 2 amide bonds. The van der Waals surface area contributed by atoms with E-state index in [9.17, 15) is 14.0 Å². The van der Waals surface area contributed by atoms with E-state index in [1.165, 1.54) is 10.7 Å². The molecule has 2 aliphatic rings. The van der Waals surface area contributed by atoms with Crippen molar-refractivity contribution in [2.45, 2.75) is 44.8 Å². The van der Waals surface area contributed by atoms with E-state index in [4.69, 9.17) is 4.74 Å². The number of hydrogen-bond donors (Lipinski definition) is 3. The predicted octanol–water partition coefficient (Wildman–Crippen LogP) is 2.75. The first kappa shape index (κ1) is 25.9. The second kappa shape index (κ2) is 10.3. The molecule has 3 N–H and O–H groups in total. The number of ether oxygens (including phenoxy) is 1. The molecule has 2 fully saturated rings. The number of nitrogens with zero attached hydrogens (tertiary/aromatic N) is 5. The lowest BCUT2D eigenvalue weighted by atomic mass is 10.0. The van der Waals surface area contributed by atoms with Crippen molar-refractivity contribution in [3.8, 4) is 6.01 Å². The molecule has 2 aromatic heterocycles. The number of piperazine rings is 1. The summed E-state index contributed by atoms with van der Waals surface area (Å²) in [5.74, 6) is -0.960. The minimum Gasteiger partial charge on any atom is -0.461 e. The molecule has 4 aromatic rings. The van der Waals surface area contributed by atoms with E-state index in [1.54, 1.807) is 31.6 Å². The molecule has 2 saturated heterocycles. The molecule has 0 saturated carbocycles. The Bertz CT molecular complexity index is 1610. The number of anilines is 2. The summed E-state index contributed by atoms with van der Waals surface area (Å²) in [6.07, 6.45) is 4.52. The van der Waals surface area contributed by atoms with E-state index >= 15 is 0 Å². The van der Waals surface area contributed by atoms with E-state index in [-0.39, 0.29) is 42.2 Å². The van der Waals surface area contributed by atoms with Crippen molar-refractivity contribution in [3.63, 3.8) is 0 Å². The lowest BCUT2D eigenvalue weighted by molar-refractivity contribution is -0.119. The number of rotatable bonds is 6. The molecule has 12 heteroatoms. The highest BCUT2D eigenvalue weighted by molar-refractivity contribution is 6.14. The van der Waals surface area contributed by atoms with Crippen molar-refractivity contribution in [1.29, 1.82) is 0 Å². The van der Waals surface area contributed by atoms with Crippen molar-refractivity contribution in [3.05, 3.63) is 48.0 Å². The zero-order valence-corrected chi connectivity index (χ0v) is 22.6. The highest BCUT2D eigenvalue weighted by atomic mass is 19.1. The summed E-state index contributed by atoms with van der Waals surface area (Å²) in [6, 6.07) is 7.15. The average Bonchev–Trinajstić information content (AvgIpc) is 3.50. The Morgan fingerprint density at radius 1 is 1.20 bits per heavy atom. The van der Waals surface area contributed by atoms with Crippen LogP contribution in [0, 0.1) is 5.82 Å². The van der Waals surface area contributed by atoms with Gasteiger partial charge in [-0.25, -0.2) is 9.37 Å². The van der Waals surface area contributed by atoms with Crippen LogP contribution in [0.3, 0.4) is 0 Å². The Balaban J connectivity index is 1.35. The summed E-state index contributed by atoms with van der Waals surface area (Å²) >= 11 is 0. The van der Waals surface area contributed by atoms with E-state index in [0.717, 1.165) is 18.8 Å². The van der Waals surface area contributed by atoms with Gasteiger partial charge in [0.1, 0.15) is 12.1 Å². The predicted molar refractivity (Wildman–Crippen MR) is 149 cm³/mol. The lowest BCUT2D eigenvalue weighted by Gasteiger charge is -2.38. The number of hydrogen-bond acceptors (Lipinski definition) is 8. The number of aromatic nitrogens is 4. The molecule has 11 nitrogen and oxygen atoms in total. The number of benzene rings is 2. The lowest BCUT2D eigenvalue weighted by Crippen LogP contribution is -2.54. The molecule has 0 radical (unpaired) electrons. The average molecular weight is 547 g/mol. The summed E-state index contributed by atoms with van der Waals surface area (Å²) in [5, 5.41) is 14.6. The van der Waals surface area contributed by atoms with E-state index in [1.807, 2.05) is 6.07 Å². The van der Waals surface area contributed by atoms with Gasteiger partial charge in [0, 0.05) is 73.2 Å². The van der Waals surface area contributed by atoms with Crippen LogP contribution in [0.5, 0.6) is 6.01 Å². The molecule has 0 aliphatic carbocycles. The number of nitrogens with one attached hydrogen (secondary N) is 3. The first-order valence-electron chi connectivity index (χ1n) is 13.4. The first-order chi connectivity index (χ1) is 19.2. The molecular weight excluding hydrogens is 515 g/mol. The molecular formula is C28H31FN8O3. The minimum atomic E-state index is -0.521. The van der Waals surface area contributed by atoms with Crippen LogP contribution in [0.2, 0.25) is 0 Å². The molecule has 4 heterocycles. The van der Waals surface area contributed by atoms with Crippen molar-refractivity contribution in [2.75, 3.05) is 29.9 Å². The van der Waals surface area contributed by atoms with Crippen molar-refractivity contribution >= 4 is 45.0 Å². The second-order valence-electron chi connectivity index (χ2n) is 10.7. The molecule has 1 unspecified atom stereocenters. The molecule has 6 rings (SSSR count). The fourth-order valence-corrected chi connectivity index (χ4v) is 5.60. The van der Waals surface area contributed by atoms with E-state index in [0.29, 0.717) is 40.4 Å². The molecule has 40 heavy (non-hydrogen) atoms. The van der Waals surface area contributed by atoms with Crippen LogP contribution in [-0.2, 0) is 11.8 Å². The van der Waals surface area contributed by atoms with Crippen molar-refractivity contribution in [1.82, 2.24) is 30.4 Å². The molecule has 3 atom stereocenters. The van der Waals surface area contributed by atoms with Crippen LogP contribution < -0.4 is 25.6 Å². The number of carbonyl (C=O) groups is 2. The van der Waals surface area contributed by atoms with E-state index < -0.39 is 11.7 Å². The molecule has 0 bridgehead atoms. The highest BCUT2D eigenvalue weighted by Gasteiger charge is 2.26. The molecule has 2 aliphatic heterocycles. The van der Waals surface area contributed by atoms with Crippen LogP contribution in [0.25, 0.3) is 21.8 Å². The fraction of sp³-hybridized carbons (Fsp3) is 0.393. The number of fused-ring (bicyclic) bond motifs is 2. The summed E-state index contributed by atoms with van der Waals surface area (Å²) in [5.41, 5.74) is 2.21. The Morgan fingerprint density at radius 3 is 2.75 bits per heavy atom. The van der Waals surface area contributed by atoms with E-state index in [2.05, 4.69) is 49.8 Å². The number of amides is 2. The van der Waals surface area contributed by atoms with Gasteiger partial charge < -0.3 is 25.6 Å². The maximum atomic E-state index is 14.7. The normalized spacial score (nSPS) is 21.1. The van der Waals surface area contributed by atoms with Crippen molar-refractivity contribution in [2.24, 2.45) is 7.05 Å². The van der Waals surface area contributed by atoms with Gasteiger partial charge in [0.15, 0.2) is 5.82 Å². The molecule has 208 valence electrons. The summed E-state index contributed by atoms with van der Waals surface area (Å²) in [6.45, 7) is 6.07. The van der Waals surface area contributed by atoms with Gasteiger partial charge in [-0.1, -0.05) is 0 Å². The van der Waals surface area contributed by atoms with Gasteiger partial charge in [0.2, 0.25) is 5.91 Å². The minimum absolute atomic E-state index is 0.00276. The largest absolute Gasteiger partial charge is 0.461 e. The maximum Gasteiger partial charge on any atom is 0.317 e. The van der Waals surface area contributed by atoms with Gasteiger partial charge in [0.25, 0.3) is 5.91 Å². The standard InChI is InChI=1S/C28H31FN8O3/c1-15-11-37(12-16(2)31-15)23-6-5-20(27(39)33-19-8-17-13-36(3)35-25(17)22(29)9-19)26-21(23)10-30-28(34-26)40-14-18-4-7-24(38)32-18/h5-6,8-10,13,15-16,18,31H,4,7,11-12,14H2,1-3H3,(H,32,38)(H,33,39)/t15-,16-,18?/m1/s1. The zero-order chi connectivity index (χ0) is 28.0. The molecule has 2 aromatic carbocycles. The van der Waals surface area contributed by atoms with Gasteiger partial charge in [-0.2, -0.15) is 10.1 Å². The highest BCUT2D eigenvalue weighted by Crippen LogP contribution is 2.31. The number of halogens is 1. The van der Waals surface area contributed by atoms with Gasteiger partial charge in [-0.05, 0) is 44.5 Å². The summed E-state index contributed by atoms with van der Waals surface area (Å²) in [7, 11) is 1.71. The summed E-state index contributed by atoms with van der Waals surface area (Å²) in [4.78, 5) is 36.5. The van der Waals surface area contributed by atoms with Gasteiger partial charge >= 0.3 is 6.01 Å². The number of aryl methyl sites for hydroxylation is 1. The SMILES string of the molecule is C[C@@H]1CN(c2ccc(C(=O)Nc3cc(F)c4nn(C)cc4c3)c3nc(OCC4CCC(=O)N4)ncc23)C[C@@H](C)N1.